The number of nitrogens with one attached hydrogen (secondary N) is 1. The zero-order chi connectivity index (χ0) is 34.2. The van der Waals surface area contributed by atoms with Crippen LogP contribution in [0.2, 0.25) is 0 Å². The maximum atomic E-state index is 13.4. The fourth-order valence-corrected chi connectivity index (χ4v) is 6.62. The van der Waals surface area contributed by atoms with Crippen molar-refractivity contribution in [3.8, 4) is 0 Å². The number of aliphatic hydroxyl groups is 1. The summed E-state index contributed by atoms with van der Waals surface area (Å²) in [5.74, 6) is -1.93. The molecular formula is C36H40N4O7. The highest BCUT2D eigenvalue weighted by molar-refractivity contribution is 6.30. The number of methoxy groups -OCH3 is 3. The number of carbonyl (C=O) groups excluding carboxylic acids is 3. The molecule has 5 aliphatic heterocycles. The summed E-state index contributed by atoms with van der Waals surface area (Å²) >= 11 is 0. The second-order valence-corrected chi connectivity index (χ2v) is 11.9. The third kappa shape index (κ3) is 5.97. The number of hydrogen-bond donors (Lipinski definition) is 2. The molecule has 0 radical (unpaired) electrons. The minimum atomic E-state index is -0.591. The summed E-state index contributed by atoms with van der Waals surface area (Å²) in [6, 6.07) is 0. The number of nitrogens with zero attached hydrogens (tertiary/aromatic N) is 3. The van der Waals surface area contributed by atoms with Gasteiger partial charge < -0.3 is 24.6 Å². The first-order valence-corrected chi connectivity index (χ1v) is 15.6. The zero-order valence-corrected chi connectivity index (χ0v) is 28.0. The highest BCUT2D eigenvalue weighted by Crippen LogP contribution is 2.43. The molecular weight excluding hydrogens is 600 g/mol. The number of aliphatic hydroxyl groups excluding tert-OH is 1. The van der Waals surface area contributed by atoms with Crippen LogP contribution in [-0.4, -0.2) is 61.5 Å². The van der Waals surface area contributed by atoms with Gasteiger partial charge in [-0.05, 0) is 74.1 Å². The van der Waals surface area contributed by atoms with Crippen molar-refractivity contribution in [2.45, 2.75) is 60.3 Å². The third-order valence-electron chi connectivity index (χ3n) is 9.42. The maximum Gasteiger partial charge on any atom is 0.340 e. The molecule has 2 atom stereocenters. The molecule has 0 aromatic rings. The summed E-state index contributed by atoms with van der Waals surface area (Å²) < 4.78 is 15.3. The van der Waals surface area contributed by atoms with E-state index < -0.39 is 11.9 Å². The summed E-state index contributed by atoms with van der Waals surface area (Å²) in [4.78, 5) is 53.6. The maximum absolute atomic E-state index is 13.4. The van der Waals surface area contributed by atoms with Gasteiger partial charge >= 0.3 is 17.9 Å². The van der Waals surface area contributed by atoms with Gasteiger partial charge in [0.2, 0.25) is 0 Å². The Morgan fingerprint density at radius 3 is 2.19 bits per heavy atom. The Morgan fingerprint density at radius 1 is 0.872 bits per heavy atom. The molecule has 0 aliphatic carbocycles. The van der Waals surface area contributed by atoms with Crippen molar-refractivity contribution in [1.29, 1.82) is 0 Å². The van der Waals surface area contributed by atoms with Crippen LogP contribution in [0.25, 0.3) is 0 Å². The molecule has 1 fully saturated rings. The molecule has 8 bridgehead atoms. The Balaban J connectivity index is 1.86. The first-order chi connectivity index (χ1) is 22.5. The van der Waals surface area contributed by atoms with Crippen LogP contribution in [0.5, 0.6) is 0 Å². The van der Waals surface area contributed by atoms with Gasteiger partial charge in [-0.2, -0.15) is 0 Å². The average molecular weight is 641 g/mol. The van der Waals surface area contributed by atoms with E-state index in [1.165, 1.54) is 21.3 Å². The normalized spacial score (nSPS) is 22.9. The minimum Gasteiger partial charge on any atom is -0.515 e. The molecule has 5 rings (SSSR count). The summed E-state index contributed by atoms with van der Waals surface area (Å²) in [5.41, 5.74) is 9.49. The van der Waals surface area contributed by atoms with Gasteiger partial charge in [0.15, 0.2) is 0 Å². The number of ether oxygens (including phenoxy) is 3. The molecule has 1 saturated heterocycles. The first-order valence-electron chi connectivity index (χ1n) is 15.6. The highest BCUT2D eigenvalue weighted by atomic mass is 16.5. The van der Waals surface area contributed by atoms with Crippen molar-refractivity contribution in [2.24, 2.45) is 26.8 Å². The quantitative estimate of drug-likeness (QED) is 0.208. The van der Waals surface area contributed by atoms with E-state index in [1.807, 2.05) is 45.9 Å². The summed E-state index contributed by atoms with van der Waals surface area (Å²) in [6.45, 7) is 9.76. The predicted molar refractivity (Wildman–Crippen MR) is 178 cm³/mol. The van der Waals surface area contributed by atoms with E-state index in [0.29, 0.717) is 69.5 Å². The Morgan fingerprint density at radius 2 is 1.55 bits per heavy atom. The summed E-state index contributed by atoms with van der Waals surface area (Å²) in [6.07, 6.45) is 7.73. The fourth-order valence-electron chi connectivity index (χ4n) is 6.62. The largest absolute Gasteiger partial charge is 0.515 e. The van der Waals surface area contributed by atoms with E-state index in [9.17, 15) is 19.5 Å². The fraction of sp³-hybridized carbons (Fsp3) is 0.389. The van der Waals surface area contributed by atoms with Crippen molar-refractivity contribution in [1.82, 2.24) is 5.32 Å². The number of allylic oxidation sites excluding steroid dienone is 10. The van der Waals surface area contributed by atoms with Gasteiger partial charge in [-0.1, -0.05) is 13.8 Å². The Bertz CT molecular complexity index is 1820. The standard InChI is InChI=1S/C36H40N4O7/c1-9-21-17(2)26-14-30-24(16-41)19(4)25(38-30)13-27-18(3)22(10-11-31(42)45-6)34(39-27)23(12-32(43)46-7)35-33(36(44)47-8)20(5)28(40-35)15-29(21)37-26/h13-16,18,22,39,41H,9-12H2,1-8H3/b24-16+,26-14?,27-13?,28-15?,34-23?/t18-,22-/m0/s1. The Kier molecular flexibility index (Phi) is 9.46. The smallest absolute Gasteiger partial charge is 0.340 e. The van der Waals surface area contributed by atoms with Crippen LogP contribution < -0.4 is 5.32 Å². The monoisotopic (exact) mass is 640 g/mol. The molecule has 11 heteroatoms. The Hall–Kier alpha value is -5.06. The van der Waals surface area contributed by atoms with Gasteiger partial charge in [0.25, 0.3) is 0 Å². The number of aliphatic imine (C=N–C) groups is 3. The van der Waals surface area contributed by atoms with Gasteiger partial charge in [0.05, 0.1) is 73.8 Å². The van der Waals surface area contributed by atoms with Gasteiger partial charge in [0, 0.05) is 40.8 Å². The van der Waals surface area contributed by atoms with Crippen LogP contribution in [0.3, 0.4) is 0 Å². The van der Waals surface area contributed by atoms with Crippen LogP contribution in [0.15, 0.2) is 107 Å². The number of fused-ring (bicyclic) bond motifs is 5. The van der Waals surface area contributed by atoms with Gasteiger partial charge in [-0.15, -0.1) is 0 Å². The molecule has 0 saturated carbocycles. The van der Waals surface area contributed by atoms with Crippen LogP contribution in [0.1, 0.15) is 60.3 Å². The minimum absolute atomic E-state index is 0.131. The highest BCUT2D eigenvalue weighted by Gasteiger charge is 2.40. The number of rotatable bonds is 7. The van der Waals surface area contributed by atoms with E-state index >= 15 is 0 Å². The first kappa shape index (κ1) is 33.3. The van der Waals surface area contributed by atoms with Crippen molar-refractivity contribution >= 4 is 35.0 Å². The van der Waals surface area contributed by atoms with E-state index in [-0.39, 0.29) is 36.2 Å². The second kappa shape index (κ2) is 13.4. The van der Waals surface area contributed by atoms with E-state index in [4.69, 9.17) is 29.2 Å². The molecule has 11 nitrogen and oxygen atoms in total. The Labute approximate surface area is 274 Å². The lowest BCUT2D eigenvalue weighted by Gasteiger charge is -2.19. The van der Waals surface area contributed by atoms with Crippen molar-refractivity contribution in [3.63, 3.8) is 0 Å². The summed E-state index contributed by atoms with van der Waals surface area (Å²) in [5, 5.41) is 13.8. The van der Waals surface area contributed by atoms with Crippen molar-refractivity contribution in [2.75, 3.05) is 21.3 Å². The van der Waals surface area contributed by atoms with Crippen molar-refractivity contribution in [3.05, 3.63) is 92.0 Å². The van der Waals surface area contributed by atoms with Crippen LogP contribution in [0.4, 0.5) is 0 Å². The molecule has 2 N–H and O–H groups in total. The molecule has 0 spiro atoms. The third-order valence-corrected chi connectivity index (χ3v) is 9.42. The second-order valence-electron chi connectivity index (χ2n) is 11.9. The molecule has 47 heavy (non-hydrogen) atoms. The van der Waals surface area contributed by atoms with Gasteiger partial charge in [0.1, 0.15) is 0 Å². The summed E-state index contributed by atoms with van der Waals surface area (Å²) in [7, 11) is 3.96. The molecule has 246 valence electrons. The lowest BCUT2D eigenvalue weighted by Crippen LogP contribution is -2.23. The number of esters is 3. The van der Waals surface area contributed by atoms with Crippen molar-refractivity contribution < 1.29 is 33.7 Å². The van der Waals surface area contributed by atoms with Crippen LogP contribution in [0, 0.1) is 11.8 Å². The average Bonchev–Trinajstić information content (AvgIpc) is 3.74. The lowest BCUT2D eigenvalue weighted by atomic mass is 9.84. The molecule has 0 amide bonds. The molecule has 0 aromatic heterocycles. The van der Waals surface area contributed by atoms with Gasteiger partial charge in [-0.25, -0.2) is 19.8 Å². The van der Waals surface area contributed by atoms with Crippen LogP contribution >= 0.6 is 0 Å². The zero-order valence-electron chi connectivity index (χ0n) is 28.0. The number of carbonyl (C=O) groups is 3. The molecule has 0 aromatic carbocycles. The van der Waals surface area contributed by atoms with Gasteiger partial charge in [-0.3, -0.25) is 9.59 Å². The molecule has 5 aliphatic rings. The molecule has 0 unspecified atom stereocenters. The predicted octanol–water partition coefficient (Wildman–Crippen LogP) is 5.57. The molecule has 5 heterocycles. The van der Waals surface area contributed by atoms with Crippen LogP contribution in [-0.2, 0) is 28.6 Å². The lowest BCUT2D eigenvalue weighted by molar-refractivity contribution is -0.141. The number of hydrogen-bond acceptors (Lipinski definition) is 11. The SMILES string of the molecule is CCC1=C(C)C2=CC3=NC(=C(C)/C3=C\O)C=C3NC(=C(CC(=O)OC)C4=NC(=CC1=N2)C(C)=C4C(=O)OC)[C@@H](CCC(=O)OC)[C@@H]3C. The topological polar surface area (TPSA) is 148 Å². The van der Waals surface area contributed by atoms with E-state index in [2.05, 4.69) is 5.32 Å². The van der Waals surface area contributed by atoms with E-state index in [1.54, 1.807) is 6.92 Å². The van der Waals surface area contributed by atoms with E-state index in [0.717, 1.165) is 28.7 Å².